The zero-order chi connectivity index (χ0) is 17.4. The van der Waals surface area contributed by atoms with Gasteiger partial charge in [-0.25, -0.2) is 0 Å². The van der Waals surface area contributed by atoms with Gasteiger partial charge in [-0.15, -0.1) is 0 Å². The number of hydrogen-bond donors (Lipinski definition) is 3. The maximum Gasteiger partial charge on any atom is 0.157 e. The van der Waals surface area contributed by atoms with E-state index in [0.29, 0.717) is 18.6 Å². The first-order chi connectivity index (χ1) is 11.7. The van der Waals surface area contributed by atoms with Gasteiger partial charge in [0.25, 0.3) is 0 Å². The highest BCUT2D eigenvalue weighted by atomic mass is 16.5. The number of pyridine rings is 1. The fourth-order valence-corrected chi connectivity index (χ4v) is 2.25. The molecule has 0 aliphatic rings. The SMILES string of the molecule is CNC/C=C(\NC)c1ncccc1COc1cccc(O)c1C=O. The molecule has 6 heteroatoms. The fraction of sp³-hybridized carbons (Fsp3) is 0.222. The smallest absolute Gasteiger partial charge is 0.157 e. The van der Waals surface area contributed by atoms with E-state index in [4.69, 9.17) is 4.74 Å². The van der Waals surface area contributed by atoms with Gasteiger partial charge in [0.1, 0.15) is 18.1 Å². The Labute approximate surface area is 141 Å². The number of benzene rings is 1. The van der Waals surface area contributed by atoms with Crippen molar-refractivity contribution in [3.8, 4) is 11.5 Å². The molecular formula is C18H21N3O3. The van der Waals surface area contributed by atoms with Crippen LogP contribution < -0.4 is 15.4 Å². The van der Waals surface area contributed by atoms with Gasteiger partial charge in [-0.3, -0.25) is 9.78 Å². The zero-order valence-corrected chi connectivity index (χ0v) is 13.7. The Balaban J connectivity index is 2.25. The lowest BCUT2D eigenvalue weighted by Gasteiger charge is -2.14. The molecule has 2 aromatic rings. The van der Waals surface area contributed by atoms with E-state index in [-0.39, 0.29) is 17.9 Å². The number of aromatic nitrogens is 1. The molecule has 0 fully saturated rings. The Morgan fingerprint density at radius 3 is 2.83 bits per heavy atom. The molecule has 6 nitrogen and oxygen atoms in total. The highest BCUT2D eigenvalue weighted by molar-refractivity contribution is 5.83. The van der Waals surface area contributed by atoms with Crippen molar-refractivity contribution in [2.45, 2.75) is 6.61 Å². The second-order valence-electron chi connectivity index (χ2n) is 5.03. The maximum atomic E-state index is 11.1. The first-order valence-corrected chi connectivity index (χ1v) is 7.58. The molecule has 0 saturated carbocycles. The molecule has 0 unspecified atom stereocenters. The van der Waals surface area contributed by atoms with Crippen LogP contribution in [0.3, 0.4) is 0 Å². The van der Waals surface area contributed by atoms with Crippen molar-refractivity contribution < 1.29 is 14.6 Å². The molecule has 0 radical (unpaired) electrons. The molecule has 3 N–H and O–H groups in total. The third kappa shape index (κ3) is 4.11. The Morgan fingerprint density at radius 2 is 2.12 bits per heavy atom. The van der Waals surface area contributed by atoms with Gasteiger partial charge in [0.2, 0.25) is 0 Å². The van der Waals surface area contributed by atoms with Crippen LogP contribution in [0.25, 0.3) is 5.70 Å². The molecule has 24 heavy (non-hydrogen) atoms. The quantitative estimate of drug-likeness (QED) is 0.643. The third-order valence-electron chi connectivity index (χ3n) is 3.47. The average molecular weight is 327 g/mol. The van der Waals surface area contributed by atoms with Gasteiger partial charge < -0.3 is 20.5 Å². The summed E-state index contributed by atoms with van der Waals surface area (Å²) in [7, 11) is 3.70. The number of rotatable bonds is 8. The Bertz CT molecular complexity index is 729. The van der Waals surface area contributed by atoms with E-state index in [2.05, 4.69) is 15.6 Å². The van der Waals surface area contributed by atoms with Gasteiger partial charge in [0.05, 0.1) is 17.0 Å². The van der Waals surface area contributed by atoms with Gasteiger partial charge in [0.15, 0.2) is 6.29 Å². The molecule has 0 atom stereocenters. The van der Waals surface area contributed by atoms with E-state index in [1.54, 1.807) is 18.3 Å². The topological polar surface area (TPSA) is 83.5 Å². The van der Waals surface area contributed by atoms with Crippen molar-refractivity contribution in [1.82, 2.24) is 15.6 Å². The normalized spacial score (nSPS) is 11.2. The van der Waals surface area contributed by atoms with Gasteiger partial charge in [-0.2, -0.15) is 0 Å². The van der Waals surface area contributed by atoms with Crippen LogP contribution in [0.5, 0.6) is 11.5 Å². The van der Waals surface area contributed by atoms with Crippen LogP contribution in [0.15, 0.2) is 42.6 Å². The number of phenols is 1. The van der Waals surface area contributed by atoms with Crippen molar-refractivity contribution in [2.24, 2.45) is 0 Å². The minimum Gasteiger partial charge on any atom is -0.507 e. The number of likely N-dealkylation sites (N-methyl/N-ethyl adjacent to an activating group) is 1. The highest BCUT2D eigenvalue weighted by Crippen LogP contribution is 2.26. The fourth-order valence-electron chi connectivity index (χ4n) is 2.25. The van der Waals surface area contributed by atoms with E-state index < -0.39 is 0 Å². The Hall–Kier alpha value is -2.86. The summed E-state index contributed by atoms with van der Waals surface area (Å²) in [6.45, 7) is 0.931. The highest BCUT2D eigenvalue weighted by Gasteiger charge is 2.11. The summed E-state index contributed by atoms with van der Waals surface area (Å²) in [5.41, 5.74) is 2.68. The zero-order valence-electron chi connectivity index (χ0n) is 13.7. The molecule has 0 saturated heterocycles. The standard InChI is InChI=1S/C18H21N3O3/c1-19-10-8-15(20-2)18-13(5-4-9-21-18)12-24-17-7-3-6-16(23)14(17)11-22/h3-9,11,19-20,23H,10,12H2,1-2H3/b15-8-. The molecule has 0 amide bonds. The van der Waals surface area contributed by atoms with Gasteiger partial charge >= 0.3 is 0 Å². The minimum absolute atomic E-state index is 0.0984. The maximum absolute atomic E-state index is 11.1. The van der Waals surface area contributed by atoms with Crippen LogP contribution in [0.1, 0.15) is 21.6 Å². The van der Waals surface area contributed by atoms with Crippen molar-refractivity contribution in [1.29, 1.82) is 0 Å². The van der Waals surface area contributed by atoms with Crippen LogP contribution in [0.4, 0.5) is 0 Å². The minimum atomic E-state index is -0.0984. The summed E-state index contributed by atoms with van der Waals surface area (Å²) in [4.78, 5) is 15.5. The Morgan fingerprint density at radius 1 is 1.29 bits per heavy atom. The molecule has 0 spiro atoms. The first-order valence-electron chi connectivity index (χ1n) is 7.58. The summed E-state index contributed by atoms with van der Waals surface area (Å²) in [6.07, 6.45) is 4.30. The van der Waals surface area contributed by atoms with Crippen molar-refractivity contribution in [3.05, 3.63) is 59.4 Å². The van der Waals surface area contributed by atoms with Gasteiger partial charge in [-0.05, 0) is 31.3 Å². The van der Waals surface area contributed by atoms with Gasteiger partial charge in [0, 0.05) is 25.4 Å². The summed E-state index contributed by atoms with van der Waals surface area (Å²) in [6, 6.07) is 8.47. The summed E-state index contributed by atoms with van der Waals surface area (Å²) >= 11 is 0. The second-order valence-corrected chi connectivity index (χ2v) is 5.03. The lowest BCUT2D eigenvalue weighted by Crippen LogP contribution is -2.14. The lowest BCUT2D eigenvalue weighted by atomic mass is 10.1. The largest absolute Gasteiger partial charge is 0.507 e. The van der Waals surface area contributed by atoms with E-state index in [9.17, 15) is 9.90 Å². The second kappa shape index (κ2) is 8.69. The number of carbonyl (C=O) groups excluding carboxylic acids is 1. The summed E-state index contributed by atoms with van der Waals surface area (Å²) in [5, 5.41) is 15.9. The molecule has 0 bridgehead atoms. The predicted octanol–water partition coefficient (Wildman–Crippen LogP) is 1.96. The third-order valence-corrected chi connectivity index (χ3v) is 3.47. The molecule has 0 aliphatic heterocycles. The predicted molar refractivity (Wildman–Crippen MR) is 93.0 cm³/mol. The Kier molecular flexibility index (Phi) is 6.33. The summed E-state index contributed by atoms with van der Waals surface area (Å²) in [5.74, 6) is 0.240. The molecule has 1 heterocycles. The number of hydrogen-bond acceptors (Lipinski definition) is 6. The lowest BCUT2D eigenvalue weighted by molar-refractivity contribution is 0.111. The van der Waals surface area contributed by atoms with Crippen molar-refractivity contribution in [2.75, 3.05) is 20.6 Å². The number of ether oxygens (including phenoxy) is 1. The van der Waals surface area contributed by atoms with Crippen LogP contribution >= 0.6 is 0 Å². The van der Waals surface area contributed by atoms with E-state index in [1.165, 1.54) is 6.07 Å². The van der Waals surface area contributed by atoms with Crippen LogP contribution in [-0.4, -0.2) is 37.0 Å². The summed E-state index contributed by atoms with van der Waals surface area (Å²) < 4.78 is 5.73. The first kappa shape index (κ1) is 17.5. The number of nitrogens with zero attached hydrogens (tertiary/aromatic N) is 1. The van der Waals surface area contributed by atoms with Crippen molar-refractivity contribution in [3.63, 3.8) is 0 Å². The number of nitrogens with one attached hydrogen (secondary N) is 2. The molecule has 1 aromatic heterocycles. The monoisotopic (exact) mass is 327 g/mol. The molecule has 126 valence electrons. The van der Waals surface area contributed by atoms with Crippen LogP contribution in [-0.2, 0) is 6.61 Å². The molecule has 0 aliphatic carbocycles. The molecule has 1 aromatic carbocycles. The van der Waals surface area contributed by atoms with Crippen LogP contribution in [0, 0.1) is 0 Å². The number of phenolic OH excluding ortho intramolecular Hbond substituents is 1. The molecular weight excluding hydrogens is 306 g/mol. The number of aromatic hydroxyl groups is 1. The average Bonchev–Trinajstić information content (AvgIpc) is 2.61. The van der Waals surface area contributed by atoms with Gasteiger partial charge in [-0.1, -0.05) is 12.1 Å². The number of aldehydes is 1. The van der Waals surface area contributed by atoms with Crippen LogP contribution in [0.2, 0.25) is 0 Å². The molecule has 2 rings (SSSR count). The van der Waals surface area contributed by atoms with Crippen molar-refractivity contribution >= 4 is 12.0 Å². The van der Waals surface area contributed by atoms with E-state index in [1.807, 2.05) is 32.3 Å². The number of carbonyl (C=O) groups is 1. The van der Waals surface area contributed by atoms with E-state index in [0.717, 1.165) is 17.0 Å². The van der Waals surface area contributed by atoms with E-state index >= 15 is 0 Å².